The first-order valence-electron chi connectivity index (χ1n) is 15.9. The molecule has 0 radical (unpaired) electrons. The molecule has 0 amide bonds. The highest BCUT2D eigenvalue weighted by molar-refractivity contribution is 4.95. The highest BCUT2D eigenvalue weighted by atomic mass is 16.8. The fourth-order valence-corrected chi connectivity index (χ4v) is 4.97. The number of nitrogens with zero attached hydrogens (tertiary/aromatic N) is 6. The maximum absolute atomic E-state index is 10.6. The molecule has 46 heavy (non-hydrogen) atoms. The number of aliphatic hydroxyl groups excluding tert-OH is 6. The number of aromatic nitrogens is 3. The topological polar surface area (TPSA) is 256 Å². The zero-order chi connectivity index (χ0) is 33.5. The van der Waals surface area contributed by atoms with Crippen LogP contribution in [-0.4, -0.2) is 146 Å². The Balaban J connectivity index is 1.57. The molecule has 0 bridgehead atoms. The van der Waals surface area contributed by atoms with Crippen LogP contribution in [0.25, 0.3) is 10.4 Å². The van der Waals surface area contributed by atoms with Crippen LogP contribution < -0.4 is 0 Å². The van der Waals surface area contributed by atoms with E-state index in [0.717, 1.165) is 38.5 Å². The Hall–Kier alpha value is -2.03. The molecule has 18 heteroatoms. The SMILES string of the molecule is CCCCCOCC(COCCCCC)OCc1cn(CC2O[C@H](O[C@H]3OC(CN=[N+]=[N-])[C@@H](O)[C@H](O)C3O)C(O)C(O)[C@@H]2O)nn1. The molecule has 6 N–H and O–H groups in total. The van der Waals surface area contributed by atoms with Gasteiger partial charge in [0.15, 0.2) is 12.6 Å². The standard InChI is InChI=1S/C28H50N6O12/c1-3-5-7-9-41-15-18(16-42-10-8-6-4-2)43-14-17-12-34(33-31-17)13-20-22(36)24(38)26(40)28(45-20)46-27-25(39)23(37)21(35)19(44-27)11-30-32-29/h12,18-28,35-40H,3-11,13-16H2,1-2H3/t19?,20?,21-,22-,23+,24?,25?,26?,27-,28-/m1/s1. The lowest BCUT2D eigenvalue weighted by Crippen LogP contribution is -2.63. The molecular weight excluding hydrogens is 612 g/mol. The summed E-state index contributed by atoms with van der Waals surface area (Å²) in [6.45, 7) is 5.90. The smallest absolute Gasteiger partial charge is 0.189 e. The van der Waals surface area contributed by atoms with Crippen molar-refractivity contribution in [3.05, 3.63) is 22.3 Å². The number of unbranched alkanes of at least 4 members (excludes halogenated alkanes) is 4. The molecule has 0 spiro atoms. The van der Waals surface area contributed by atoms with Crippen molar-refractivity contribution in [3.63, 3.8) is 0 Å². The number of ether oxygens (including phenoxy) is 6. The molecule has 18 nitrogen and oxygen atoms in total. The minimum atomic E-state index is -1.78. The van der Waals surface area contributed by atoms with Crippen molar-refractivity contribution in [1.82, 2.24) is 15.0 Å². The maximum Gasteiger partial charge on any atom is 0.189 e. The summed E-state index contributed by atoms with van der Waals surface area (Å²) in [5, 5.41) is 73.9. The molecule has 1 aromatic rings. The van der Waals surface area contributed by atoms with Gasteiger partial charge in [-0.3, -0.25) is 0 Å². The van der Waals surface area contributed by atoms with E-state index in [2.05, 4.69) is 34.2 Å². The Kier molecular flexibility index (Phi) is 17.0. The summed E-state index contributed by atoms with van der Waals surface area (Å²) < 4.78 is 35.7. The van der Waals surface area contributed by atoms with Gasteiger partial charge in [-0.1, -0.05) is 49.9 Å². The van der Waals surface area contributed by atoms with Crippen LogP contribution in [0.2, 0.25) is 0 Å². The van der Waals surface area contributed by atoms with Crippen molar-refractivity contribution in [1.29, 1.82) is 0 Å². The first-order valence-corrected chi connectivity index (χ1v) is 15.9. The van der Waals surface area contributed by atoms with Crippen LogP contribution in [0.3, 0.4) is 0 Å². The molecule has 5 unspecified atom stereocenters. The minimum absolute atomic E-state index is 0.114. The van der Waals surface area contributed by atoms with Gasteiger partial charge in [-0.25, -0.2) is 4.68 Å². The fraction of sp³-hybridized carbons (Fsp3) is 0.929. The van der Waals surface area contributed by atoms with Crippen molar-refractivity contribution in [3.8, 4) is 0 Å². The van der Waals surface area contributed by atoms with E-state index in [9.17, 15) is 30.6 Å². The molecule has 0 saturated carbocycles. The summed E-state index contributed by atoms with van der Waals surface area (Å²) in [6.07, 6.45) is -8.22. The molecule has 0 aromatic carbocycles. The van der Waals surface area contributed by atoms with Gasteiger partial charge in [0.2, 0.25) is 0 Å². The van der Waals surface area contributed by atoms with Crippen LogP contribution in [0.15, 0.2) is 11.3 Å². The maximum atomic E-state index is 10.6. The Morgan fingerprint density at radius 3 is 1.98 bits per heavy atom. The second kappa shape index (κ2) is 20.4. The van der Waals surface area contributed by atoms with Crippen LogP contribution in [-0.2, 0) is 41.6 Å². The van der Waals surface area contributed by atoms with Gasteiger partial charge in [-0.05, 0) is 18.4 Å². The summed E-state index contributed by atoms with van der Waals surface area (Å²) in [5.41, 5.74) is 9.06. The lowest BCUT2D eigenvalue weighted by atomic mass is 9.97. The fourth-order valence-electron chi connectivity index (χ4n) is 4.97. The summed E-state index contributed by atoms with van der Waals surface area (Å²) in [6, 6.07) is 0. The Morgan fingerprint density at radius 1 is 0.848 bits per heavy atom. The minimum Gasteiger partial charge on any atom is -0.388 e. The quantitative estimate of drug-likeness (QED) is 0.0421. The first-order chi connectivity index (χ1) is 22.2. The monoisotopic (exact) mass is 662 g/mol. The van der Waals surface area contributed by atoms with Crippen molar-refractivity contribution >= 4 is 0 Å². The second-order valence-electron chi connectivity index (χ2n) is 11.5. The third kappa shape index (κ3) is 11.6. The van der Waals surface area contributed by atoms with Gasteiger partial charge >= 0.3 is 0 Å². The summed E-state index contributed by atoms with van der Waals surface area (Å²) >= 11 is 0. The van der Waals surface area contributed by atoms with E-state index in [1.165, 1.54) is 4.68 Å². The Labute approximate surface area is 267 Å². The van der Waals surface area contributed by atoms with E-state index < -0.39 is 61.4 Å². The Bertz CT molecular complexity index is 1020. The molecule has 3 heterocycles. The summed E-state index contributed by atoms with van der Waals surface area (Å²) in [4.78, 5) is 2.58. The van der Waals surface area contributed by atoms with E-state index in [4.69, 9.17) is 34.0 Å². The van der Waals surface area contributed by atoms with E-state index in [0.29, 0.717) is 32.1 Å². The average molecular weight is 663 g/mol. The predicted octanol–water partition coefficient (Wildman–Crippen LogP) is -0.481. The van der Waals surface area contributed by atoms with Crippen LogP contribution in [0.1, 0.15) is 58.1 Å². The summed E-state index contributed by atoms with van der Waals surface area (Å²) in [5.74, 6) is 0. The molecule has 1 aromatic heterocycles. The number of hydrogen-bond donors (Lipinski definition) is 6. The number of hydrogen-bond acceptors (Lipinski definition) is 15. The average Bonchev–Trinajstić information content (AvgIpc) is 3.50. The van der Waals surface area contributed by atoms with Crippen LogP contribution >= 0.6 is 0 Å². The molecule has 2 saturated heterocycles. The molecule has 0 aliphatic carbocycles. The van der Waals surface area contributed by atoms with Crippen LogP contribution in [0.5, 0.6) is 0 Å². The molecule has 2 aliphatic rings. The summed E-state index contributed by atoms with van der Waals surface area (Å²) in [7, 11) is 0. The predicted molar refractivity (Wildman–Crippen MR) is 158 cm³/mol. The van der Waals surface area contributed by atoms with Gasteiger partial charge in [-0.2, -0.15) is 0 Å². The van der Waals surface area contributed by atoms with Crippen LogP contribution in [0.4, 0.5) is 0 Å². The molecular formula is C28H50N6O12. The van der Waals surface area contributed by atoms with Crippen molar-refractivity contribution in [2.45, 2.75) is 133 Å². The highest BCUT2D eigenvalue weighted by Crippen LogP contribution is 2.29. The lowest BCUT2D eigenvalue weighted by Gasteiger charge is -2.44. The number of rotatable bonds is 21. The van der Waals surface area contributed by atoms with Crippen LogP contribution in [0, 0.1) is 0 Å². The van der Waals surface area contributed by atoms with Gasteiger partial charge < -0.3 is 59.1 Å². The van der Waals surface area contributed by atoms with Gasteiger partial charge in [0.05, 0.1) is 45.2 Å². The molecule has 3 rings (SSSR count). The van der Waals surface area contributed by atoms with Gasteiger partial charge in [0.1, 0.15) is 54.5 Å². The van der Waals surface area contributed by atoms with Crippen molar-refractivity contribution in [2.75, 3.05) is 33.0 Å². The normalized spacial score (nSPS) is 31.7. The van der Waals surface area contributed by atoms with E-state index >= 15 is 0 Å². The zero-order valence-electron chi connectivity index (χ0n) is 26.4. The van der Waals surface area contributed by atoms with Crippen molar-refractivity contribution in [2.24, 2.45) is 5.11 Å². The number of aliphatic hydroxyl groups is 6. The van der Waals surface area contributed by atoms with Gasteiger partial charge in [0, 0.05) is 18.1 Å². The third-order valence-electron chi connectivity index (χ3n) is 7.74. The van der Waals surface area contributed by atoms with Gasteiger partial charge in [0.25, 0.3) is 0 Å². The third-order valence-corrected chi connectivity index (χ3v) is 7.74. The zero-order valence-corrected chi connectivity index (χ0v) is 26.4. The Morgan fingerprint density at radius 2 is 1.41 bits per heavy atom. The first kappa shape index (κ1) is 38.4. The lowest BCUT2D eigenvalue weighted by molar-refractivity contribution is -0.373. The largest absolute Gasteiger partial charge is 0.388 e. The van der Waals surface area contributed by atoms with E-state index in [1.54, 1.807) is 6.20 Å². The molecule has 2 aliphatic heterocycles. The molecule has 10 atom stereocenters. The highest BCUT2D eigenvalue weighted by Gasteiger charge is 2.49. The van der Waals surface area contributed by atoms with E-state index in [1.807, 2.05) is 0 Å². The van der Waals surface area contributed by atoms with E-state index in [-0.39, 0.29) is 25.8 Å². The van der Waals surface area contributed by atoms with Crippen molar-refractivity contribution < 1.29 is 59.1 Å². The molecule has 2 fully saturated rings. The van der Waals surface area contributed by atoms with Gasteiger partial charge in [-0.15, -0.1) is 5.10 Å². The second-order valence-corrected chi connectivity index (χ2v) is 11.5. The number of azide groups is 1. The molecule has 264 valence electrons.